The molecule has 3 aromatic rings. The fraction of sp³-hybridized carbons (Fsp3) is 0.515. The summed E-state index contributed by atoms with van der Waals surface area (Å²) in [4.78, 5) is 21.7. The van der Waals surface area contributed by atoms with Gasteiger partial charge in [0.1, 0.15) is 5.75 Å². The number of likely N-dealkylation sites (tertiary alicyclic amines) is 1. The van der Waals surface area contributed by atoms with E-state index in [9.17, 15) is 23.1 Å². The van der Waals surface area contributed by atoms with E-state index >= 15 is 0 Å². The van der Waals surface area contributed by atoms with Gasteiger partial charge in [0.05, 0.1) is 32.3 Å². The highest BCUT2D eigenvalue weighted by atomic mass is 32.2. The van der Waals surface area contributed by atoms with Crippen molar-refractivity contribution >= 4 is 28.6 Å². The van der Waals surface area contributed by atoms with Gasteiger partial charge in [-0.15, -0.1) is 11.8 Å². The Morgan fingerprint density at radius 2 is 1.80 bits per heavy atom. The first-order valence-corrected chi connectivity index (χ1v) is 16.2. The average molecular weight is 632 g/mol. The molecule has 2 aromatic carbocycles. The monoisotopic (exact) mass is 631 g/mol. The van der Waals surface area contributed by atoms with E-state index in [0.29, 0.717) is 17.2 Å². The van der Waals surface area contributed by atoms with Crippen LogP contribution in [0.25, 0.3) is 10.9 Å². The summed E-state index contributed by atoms with van der Waals surface area (Å²) in [5.74, 6) is -3.22. The molecule has 7 nitrogen and oxygen atoms in total. The van der Waals surface area contributed by atoms with Crippen molar-refractivity contribution in [1.29, 1.82) is 0 Å². The lowest BCUT2D eigenvalue weighted by Crippen LogP contribution is -2.42. The summed E-state index contributed by atoms with van der Waals surface area (Å²) in [5, 5.41) is 10.9. The Labute approximate surface area is 260 Å². The van der Waals surface area contributed by atoms with Crippen molar-refractivity contribution in [2.45, 2.75) is 50.0 Å². The predicted octanol–water partition coefficient (Wildman–Crippen LogP) is 6.16. The second-order valence-corrected chi connectivity index (χ2v) is 13.0. The Balaban J connectivity index is 1.22. The van der Waals surface area contributed by atoms with Crippen molar-refractivity contribution in [3.63, 3.8) is 0 Å². The molecular weight excluding hydrogens is 591 g/mol. The lowest BCUT2D eigenvalue weighted by atomic mass is 9.72. The number of piperidine rings is 1. The van der Waals surface area contributed by atoms with Crippen LogP contribution < -0.4 is 4.74 Å². The second-order valence-electron chi connectivity index (χ2n) is 11.8. The third kappa shape index (κ3) is 8.24. The minimum atomic E-state index is -1.45. The van der Waals surface area contributed by atoms with Gasteiger partial charge in [0.25, 0.3) is 0 Å². The normalized spacial score (nSPS) is 17.6. The SMILES string of the molecule is COc1ccc2ncc(CN3CCOCC3)c(CCCC3(CC(=O)O)CCN(CCSc4cc(F)c(F)c(F)c4)CC3)c2c1. The summed E-state index contributed by atoms with van der Waals surface area (Å²) in [6.07, 6.45) is 6.15. The number of carbonyl (C=O) groups is 1. The quantitative estimate of drug-likeness (QED) is 0.178. The van der Waals surface area contributed by atoms with E-state index < -0.39 is 23.4 Å². The van der Waals surface area contributed by atoms with Crippen LogP contribution in [-0.2, 0) is 22.5 Å². The van der Waals surface area contributed by atoms with Gasteiger partial charge in [-0.1, -0.05) is 0 Å². The molecule has 11 heteroatoms. The first-order chi connectivity index (χ1) is 21.2. The Kier molecular flexibility index (Phi) is 11.1. The first-order valence-electron chi connectivity index (χ1n) is 15.2. The van der Waals surface area contributed by atoms with Crippen LogP contribution in [0.3, 0.4) is 0 Å². The number of morpholine rings is 1. The van der Waals surface area contributed by atoms with Gasteiger partial charge in [-0.05, 0) is 92.1 Å². The number of hydrogen-bond donors (Lipinski definition) is 1. The maximum atomic E-state index is 13.6. The number of aromatic nitrogens is 1. The van der Waals surface area contributed by atoms with Crippen molar-refractivity contribution in [3.05, 3.63) is 65.1 Å². The van der Waals surface area contributed by atoms with Gasteiger partial charge < -0.3 is 19.5 Å². The van der Waals surface area contributed by atoms with Gasteiger partial charge in [-0.2, -0.15) is 0 Å². The molecule has 0 spiro atoms. The smallest absolute Gasteiger partial charge is 0.303 e. The summed E-state index contributed by atoms with van der Waals surface area (Å²) < 4.78 is 51.4. The maximum absolute atomic E-state index is 13.6. The summed E-state index contributed by atoms with van der Waals surface area (Å²) >= 11 is 1.28. The molecule has 0 aliphatic carbocycles. The molecule has 2 aliphatic rings. The highest BCUT2D eigenvalue weighted by Crippen LogP contribution is 2.41. The zero-order chi connectivity index (χ0) is 31.1. The van der Waals surface area contributed by atoms with Crippen LogP contribution in [0.1, 0.15) is 43.2 Å². The van der Waals surface area contributed by atoms with Crippen molar-refractivity contribution in [2.24, 2.45) is 5.41 Å². The topological polar surface area (TPSA) is 75.1 Å². The summed E-state index contributed by atoms with van der Waals surface area (Å²) in [7, 11) is 1.66. The minimum Gasteiger partial charge on any atom is -0.497 e. The molecule has 1 aromatic heterocycles. The average Bonchev–Trinajstić information content (AvgIpc) is 3.01. The molecule has 2 aliphatic heterocycles. The number of hydrogen-bond acceptors (Lipinski definition) is 7. The lowest BCUT2D eigenvalue weighted by molar-refractivity contribution is -0.140. The molecule has 1 N–H and O–H groups in total. The van der Waals surface area contributed by atoms with Crippen LogP contribution in [-0.4, -0.2) is 84.7 Å². The molecular formula is C33H40F3N3O4S. The van der Waals surface area contributed by atoms with Crippen LogP contribution in [0.5, 0.6) is 5.75 Å². The van der Waals surface area contributed by atoms with Crippen LogP contribution >= 0.6 is 11.8 Å². The number of fused-ring (bicyclic) bond motifs is 1. The number of halogens is 3. The van der Waals surface area contributed by atoms with Crippen molar-refractivity contribution in [1.82, 2.24) is 14.8 Å². The number of benzene rings is 2. The standard InChI is InChI=1S/C33H40F3N3O4S/c1-42-24-4-5-30-27(17-24)26(23(21-37-30)22-39-11-14-43-15-12-39)3-2-6-33(20-31(40)41)7-9-38(10-8-33)13-16-44-25-18-28(34)32(36)29(35)19-25/h4-5,17-19,21H,2-3,6-16,20,22H2,1H3,(H,40,41). The number of carboxylic acid groups (broad SMARTS) is 1. The largest absolute Gasteiger partial charge is 0.497 e. The molecule has 5 rings (SSSR count). The summed E-state index contributed by atoms with van der Waals surface area (Å²) in [5.41, 5.74) is 3.06. The number of rotatable bonds is 13. The zero-order valence-corrected chi connectivity index (χ0v) is 25.9. The molecule has 0 radical (unpaired) electrons. The second kappa shape index (κ2) is 14.9. The molecule has 2 saturated heterocycles. The lowest BCUT2D eigenvalue weighted by Gasteiger charge is -2.41. The van der Waals surface area contributed by atoms with E-state index in [2.05, 4.69) is 15.9 Å². The van der Waals surface area contributed by atoms with Crippen LogP contribution in [0.2, 0.25) is 0 Å². The molecule has 0 amide bonds. The molecule has 0 unspecified atom stereocenters. The third-order valence-corrected chi connectivity index (χ3v) is 9.94. The molecule has 44 heavy (non-hydrogen) atoms. The van der Waals surface area contributed by atoms with E-state index in [0.717, 1.165) is 107 Å². The van der Waals surface area contributed by atoms with E-state index in [1.54, 1.807) is 7.11 Å². The van der Waals surface area contributed by atoms with Crippen LogP contribution in [0.15, 0.2) is 41.4 Å². The number of pyridine rings is 1. The van der Waals surface area contributed by atoms with Crippen LogP contribution in [0.4, 0.5) is 13.2 Å². The van der Waals surface area contributed by atoms with Crippen molar-refractivity contribution in [3.8, 4) is 5.75 Å². The Morgan fingerprint density at radius 3 is 2.48 bits per heavy atom. The first kappa shape index (κ1) is 32.5. The van der Waals surface area contributed by atoms with E-state index in [1.165, 1.54) is 22.9 Å². The molecule has 0 saturated carbocycles. The molecule has 2 fully saturated rings. The number of thioether (sulfide) groups is 1. The van der Waals surface area contributed by atoms with Gasteiger partial charge in [0.2, 0.25) is 0 Å². The maximum Gasteiger partial charge on any atom is 0.303 e. The van der Waals surface area contributed by atoms with Crippen LogP contribution in [0, 0.1) is 22.9 Å². The summed E-state index contributed by atoms with van der Waals surface area (Å²) in [6, 6.07) is 8.00. The minimum absolute atomic E-state index is 0.134. The molecule has 0 bridgehead atoms. The Hall–Kier alpha value is -2.86. The summed E-state index contributed by atoms with van der Waals surface area (Å²) in [6.45, 7) is 6.22. The fourth-order valence-corrected chi connectivity index (χ4v) is 7.42. The predicted molar refractivity (Wildman–Crippen MR) is 165 cm³/mol. The zero-order valence-electron chi connectivity index (χ0n) is 25.1. The van der Waals surface area contributed by atoms with Gasteiger partial charge in [0.15, 0.2) is 17.5 Å². The number of aryl methyl sites for hydroxylation is 1. The van der Waals surface area contributed by atoms with Crippen molar-refractivity contribution in [2.75, 3.05) is 58.8 Å². The fourth-order valence-electron chi connectivity index (χ4n) is 6.46. The Morgan fingerprint density at radius 1 is 1.07 bits per heavy atom. The van der Waals surface area contributed by atoms with Gasteiger partial charge in [0, 0.05) is 48.4 Å². The molecule has 0 atom stereocenters. The molecule has 238 valence electrons. The van der Waals surface area contributed by atoms with E-state index in [1.807, 2.05) is 18.3 Å². The third-order valence-electron chi connectivity index (χ3n) is 8.98. The molecule has 3 heterocycles. The number of ether oxygens (including phenoxy) is 2. The number of nitrogens with zero attached hydrogens (tertiary/aromatic N) is 3. The van der Waals surface area contributed by atoms with Crippen molar-refractivity contribution < 1.29 is 32.5 Å². The number of methoxy groups -OCH3 is 1. The Bertz CT molecular complexity index is 1420. The highest BCUT2D eigenvalue weighted by molar-refractivity contribution is 7.99. The highest BCUT2D eigenvalue weighted by Gasteiger charge is 2.36. The van der Waals surface area contributed by atoms with Gasteiger partial charge in [-0.3, -0.25) is 14.7 Å². The van der Waals surface area contributed by atoms with E-state index in [4.69, 9.17) is 14.5 Å². The van der Waals surface area contributed by atoms with E-state index in [-0.39, 0.29) is 11.8 Å². The number of aliphatic carboxylic acids is 1. The van der Waals surface area contributed by atoms with Gasteiger partial charge in [-0.25, -0.2) is 13.2 Å². The van der Waals surface area contributed by atoms with Gasteiger partial charge >= 0.3 is 5.97 Å². The number of carboxylic acids is 1.